The van der Waals surface area contributed by atoms with Crippen LogP contribution in [0.25, 0.3) is 0 Å². The molecule has 138 valence electrons. The van der Waals surface area contributed by atoms with E-state index < -0.39 is 5.56 Å². The average Bonchev–Trinajstić information content (AvgIpc) is 2.57. The predicted molar refractivity (Wildman–Crippen MR) is 107 cm³/mol. The van der Waals surface area contributed by atoms with Gasteiger partial charge in [0.25, 0.3) is 5.56 Å². The van der Waals surface area contributed by atoms with Crippen molar-refractivity contribution < 1.29 is 5.11 Å². The Morgan fingerprint density at radius 3 is 2.46 bits per heavy atom. The molecule has 0 radical (unpaired) electrons. The molecule has 7 heteroatoms. The number of nitriles is 1. The maximum atomic E-state index is 12.3. The standard InChI is InChI=1S/C19H22N4O2.ClH/c1-5-22(6-2)16-8-7-15(18(24)10-16)12-21-23-14(4)9-13(3)17(11-20)19(23)25;/h7-10,12,24H,5-6H2,1-4H3;1H. The van der Waals surface area contributed by atoms with Crippen molar-refractivity contribution in [1.82, 2.24) is 4.68 Å². The van der Waals surface area contributed by atoms with Crippen molar-refractivity contribution in [3.8, 4) is 11.8 Å². The molecule has 1 aromatic heterocycles. The van der Waals surface area contributed by atoms with Crippen molar-refractivity contribution in [2.24, 2.45) is 5.10 Å². The summed E-state index contributed by atoms with van der Waals surface area (Å²) in [6, 6.07) is 8.99. The topological polar surface area (TPSA) is 81.6 Å². The average molecular weight is 375 g/mol. The molecule has 1 N–H and O–H groups in total. The minimum Gasteiger partial charge on any atom is -0.507 e. The van der Waals surface area contributed by atoms with Gasteiger partial charge in [-0.3, -0.25) is 4.79 Å². The number of aryl methyl sites for hydroxylation is 2. The van der Waals surface area contributed by atoms with Crippen LogP contribution in [0.5, 0.6) is 5.75 Å². The molecule has 2 rings (SSSR count). The van der Waals surface area contributed by atoms with Gasteiger partial charge < -0.3 is 10.0 Å². The molecule has 0 spiro atoms. The van der Waals surface area contributed by atoms with Gasteiger partial charge in [0.15, 0.2) is 0 Å². The van der Waals surface area contributed by atoms with Gasteiger partial charge in [-0.1, -0.05) is 0 Å². The molecule has 0 aliphatic heterocycles. The molecule has 26 heavy (non-hydrogen) atoms. The second-order valence-electron chi connectivity index (χ2n) is 5.73. The molecule has 0 amide bonds. The van der Waals surface area contributed by atoms with Gasteiger partial charge in [0, 0.05) is 36.1 Å². The van der Waals surface area contributed by atoms with Crippen molar-refractivity contribution in [1.29, 1.82) is 5.26 Å². The molecular weight excluding hydrogens is 352 g/mol. The normalized spacial score (nSPS) is 10.4. The lowest BCUT2D eigenvalue weighted by Gasteiger charge is -2.21. The number of hydrogen-bond acceptors (Lipinski definition) is 5. The number of phenolic OH excluding ortho intramolecular Hbond substituents is 1. The van der Waals surface area contributed by atoms with E-state index in [1.165, 1.54) is 10.9 Å². The summed E-state index contributed by atoms with van der Waals surface area (Å²) in [5, 5.41) is 23.5. The number of phenols is 1. The molecule has 1 heterocycles. The summed E-state index contributed by atoms with van der Waals surface area (Å²) in [6.45, 7) is 9.26. The molecule has 2 aromatic rings. The zero-order valence-electron chi connectivity index (χ0n) is 15.4. The van der Waals surface area contributed by atoms with Crippen molar-refractivity contribution in [2.75, 3.05) is 18.0 Å². The molecule has 0 fully saturated rings. The lowest BCUT2D eigenvalue weighted by molar-refractivity contribution is 0.474. The first-order chi connectivity index (χ1) is 11.9. The minimum atomic E-state index is -0.462. The number of halogens is 1. The van der Waals surface area contributed by atoms with Crippen LogP contribution < -0.4 is 10.5 Å². The largest absolute Gasteiger partial charge is 0.507 e. The van der Waals surface area contributed by atoms with Gasteiger partial charge in [0.2, 0.25) is 0 Å². The Bertz CT molecular complexity index is 909. The third-order valence-corrected chi connectivity index (χ3v) is 4.13. The van der Waals surface area contributed by atoms with Crippen molar-refractivity contribution in [3.63, 3.8) is 0 Å². The molecule has 6 nitrogen and oxygen atoms in total. The summed E-state index contributed by atoms with van der Waals surface area (Å²) >= 11 is 0. The summed E-state index contributed by atoms with van der Waals surface area (Å²) < 4.78 is 1.17. The van der Waals surface area contributed by atoms with Crippen LogP contribution in [0.3, 0.4) is 0 Å². The second-order valence-corrected chi connectivity index (χ2v) is 5.73. The van der Waals surface area contributed by atoms with E-state index in [-0.39, 0.29) is 23.7 Å². The third-order valence-electron chi connectivity index (χ3n) is 4.13. The summed E-state index contributed by atoms with van der Waals surface area (Å²) in [4.78, 5) is 14.4. The van der Waals surface area contributed by atoms with E-state index >= 15 is 0 Å². The first kappa shape index (κ1) is 21.3. The van der Waals surface area contributed by atoms with E-state index in [1.807, 2.05) is 12.1 Å². The molecule has 0 atom stereocenters. The smallest absolute Gasteiger partial charge is 0.289 e. The number of aromatic hydroxyl groups is 1. The lowest BCUT2D eigenvalue weighted by atomic mass is 10.1. The zero-order chi connectivity index (χ0) is 18.6. The van der Waals surface area contributed by atoms with Crippen LogP contribution in [-0.2, 0) is 0 Å². The highest BCUT2D eigenvalue weighted by molar-refractivity contribution is 5.85. The number of hydrogen-bond donors (Lipinski definition) is 1. The van der Waals surface area contributed by atoms with E-state index in [4.69, 9.17) is 5.26 Å². The molecule has 0 saturated carbocycles. The van der Waals surface area contributed by atoms with Gasteiger partial charge >= 0.3 is 0 Å². The quantitative estimate of drug-likeness (QED) is 0.815. The molecule has 1 aromatic carbocycles. The Morgan fingerprint density at radius 1 is 1.27 bits per heavy atom. The minimum absolute atomic E-state index is 0. The van der Waals surface area contributed by atoms with Gasteiger partial charge in [-0.2, -0.15) is 10.4 Å². The summed E-state index contributed by atoms with van der Waals surface area (Å²) in [7, 11) is 0. The first-order valence-electron chi connectivity index (χ1n) is 8.18. The Labute approximate surface area is 159 Å². The van der Waals surface area contributed by atoms with E-state index in [9.17, 15) is 9.90 Å². The van der Waals surface area contributed by atoms with Crippen molar-refractivity contribution >= 4 is 24.3 Å². The van der Waals surface area contributed by atoms with Gasteiger partial charge in [-0.05, 0) is 51.5 Å². The van der Waals surface area contributed by atoms with Gasteiger partial charge in [-0.25, -0.2) is 4.68 Å². The second kappa shape index (κ2) is 9.07. The third kappa shape index (κ3) is 4.24. The molecule has 0 unspecified atom stereocenters. The van der Waals surface area contributed by atoms with Crippen LogP contribution in [0.15, 0.2) is 34.2 Å². The van der Waals surface area contributed by atoms with E-state index in [2.05, 4.69) is 23.8 Å². The Hall–Kier alpha value is -2.78. The molecule has 0 aliphatic rings. The SMILES string of the molecule is CCN(CC)c1ccc(C=Nn2c(C)cc(C)c(C#N)c2=O)c(O)c1.Cl. The maximum absolute atomic E-state index is 12.3. The van der Waals surface area contributed by atoms with Gasteiger partial charge in [0.05, 0.1) is 6.21 Å². The Balaban J connectivity index is 0.00000338. The Morgan fingerprint density at radius 2 is 1.92 bits per heavy atom. The van der Waals surface area contributed by atoms with E-state index in [0.29, 0.717) is 16.8 Å². The highest BCUT2D eigenvalue weighted by Gasteiger charge is 2.10. The summed E-state index contributed by atoms with van der Waals surface area (Å²) in [5.41, 5.74) is 2.29. The maximum Gasteiger partial charge on any atom is 0.289 e. The fourth-order valence-electron chi connectivity index (χ4n) is 2.71. The molecule has 0 aliphatic carbocycles. The van der Waals surface area contributed by atoms with Gasteiger partial charge in [-0.15, -0.1) is 12.4 Å². The molecule has 0 saturated heterocycles. The van der Waals surface area contributed by atoms with Gasteiger partial charge in [0.1, 0.15) is 17.4 Å². The fourth-order valence-corrected chi connectivity index (χ4v) is 2.71. The number of rotatable bonds is 5. The highest BCUT2D eigenvalue weighted by atomic mass is 35.5. The number of aromatic nitrogens is 1. The van der Waals surface area contributed by atoms with Crippen LogP contribution in [0.4, 0.5) is 5.69 Å². The van der Waals surface area contributed by atoms with Crippen LogP contribution in [-0.4, -0.2) is 29.1 Å². The van der Waals surface area contributed by atoms with Crippen molar-refractivity contribution in [3.05, 3.63) is 57.0 Å². The summed E-state index contributed by atoms with van der Waals surface area (Å²) in [6.07, 6.45) is 1.42. The molecular formula is C19H23ClN4O2. The lowest BCUT2D eigenvalue weighted by Crippen LogP contribution is -2.22. The van der Waals surface area contributed by atoms with E-state index in [1.54, 1.807) is 32.0 Å². The Kier molecular flexibility index (Phi) is 7.41. The molecule has 0 bridgehead atoms. The highest BCUT2D eigenvalue weighted by Crippen LogP contribution is 2.23. The summed E-state index contributed by atoms with van der Waals surface area (Å²) in [5.74, 6) is 0.0893. The van der Waals surface area contributed by atoms with Crippen LogP contribution in [0, 0.1) is 25.2 Å². The predicted octanol–water partition coefficient (Wildman–Crippen LogP) is 3.19. The van der Waals surface area contributed by atoms with Crippen LogP contribution >= 0.6 is 12.4 Å². The first-order valence-corrected chi connectivity index (χ1v) is 8.18. The zero-order valence-corrected chi connectivity index (χ0v) is 16.2. The fraction of sp³-hybridized carbons (Fsp3) is 0.316. The number of benzene rings is 1. The van der Waals surface area contributed by atoms with Crippen LogP contribution in [0.2, 0.25) is 0 Å². The van der Waals surface area contributed by atoms with Crippen LogP contribution in [0.1, 0.15) is 36.2 Å². The monoisotopic (exact) mass is 374 g/mol. The number of nitrogens with zero attached hydrogens (tertiary/aromatic N) is 4. The number of anilines is 1. The van der Waals surface area contributed by atoms with Crippen molar-refractivity contribution in [2.45, 2.75) is 27.7 Å². The van der Waals surface area contributed by atoms with E-state index in [0.717, 1.165) is 18.8 Å². The number of pyridine rings is 1.